The number of nitrogens with zero attached hydrogens (tertiary/aromatic N) is 2. The molecule has 0 unspecified atom stereocenters. The van der Waals surface area contributed by atoms with Crippen molar-refractivity contribution >= 4 is 23.5 Å². The van der Waals surface area contributed by atoms with E-state index < -0.39 is 0 Å². The molecule has 0 saturated carbocycles. The smallest absolute Gasteiger partial charge is 0.223 e. The molecule has 0 radical (unpaired) electrons. The Morgan fingerprint density at radius 1 is 1.20 bits per heavy atom. The van der Waals surface area contributed by atoms with Gasteiger partial charge in [0.1, 0.15) is 10.8 Å². The second kappa shape index (κ2) is 6.61. The molecule has 0 spiro atoms. The number of aromatic nitrogens is 2. The van der Waals surface area contributed by atoms with E-state index in [0.29, 0.717) is 5.95 Å². The maximum Gasteiger partial charge on any atom is 0.223 e. The first-order chi connectivity index (χ1) is 9.58. The van der Waals surface area contributed by atoms with Crippen molar-refractivity contribution in [1.29, 1.82) is 0 Å². The highest BCUT2D eigenvalue weighted by Crippen LogP contribution is 2.30. The average Bonchev–Trinajstić information content (AvgIpc) is 2.39. The van der Waals surface area contributed by atoms with Gasteiger partial charge in [0.15, 0.2) is 0 Å². The summed E-state index contributed by atoms with van der Waals surface area (Å²) in [6, 6.07) is 8.34. The molecule has 0 aliphatic rings. The van der Waals surface area contributed by atoms with Crippen LogP contribution in [-0.2, 0) is 0 Å². The van der Waals surface area contributed by atoms with Crippen molar-refractivity contribution in [2.24, 2.45) is 0 Å². The molecule has 2 aromatic rings. The summed E-state index contributed by atoms with van der Waals surface area (Å²) < 4.78 is 0. The molecule has 4 nitrogen and oxygen atoms in total. The Bertz CT molecular complexity index is 598. The van der Waals surface area contributed by atoms with Crippen LogP contribution in [0.5, 0.6) is 0 Å². The molecule has 0 amide bonds. The van der Waals surface area contributed by atoms with Crippen LogP contribution in [0, 0.1) is 13.8 Å². The minimum atomic E-state index is 0.304. The van der Waals surface area contributed by atoms with Gasteiger partial charge in [-0.2, -0.15) is 4.98 Å². The lowest BCUT2D eigenvalue weighted by atomic mass is 10.2. The third kappa shape index (κ3) is 3.87. The number of aryl methyl sites for hydroxylation is 2. The maximum absolute atomic E-state index is 5.77. The van der Waals surface area contributed by atoms with Crippen LogP contribution in [0.1, 0.15) is 24.5 Å². The van der Waals surface area contributed by atoms with Gasteiger partial charge in [0.2, 0.25) is 5.95 Å². The van der Waals surface area contributed by atoms with Crippen LogP contribution >= 0.6 is 11.8 Å². The van der Waals surface area contributed by atoms with Gasteiger partial charge in [-0.05, 0) is 31.9 Å². The molecule has 106 valence electrons. The minimum absolute atomic E-state index is 0.304. The van der Waals surface area contributed by atoms with Crippen LogP contribution < -0.4 is 11.1 Å². The number of nitrogen functional groups attached to an aromatic ring is 1. The zero-order valence-corrected chi connectivity index (χ0v) is 12.9. The lowest BCUT2D eigenvalue weighted by Gasteiger charge is -2.09. The van der Waals surface area contributed by atoms with E-state index in [2.05, 4.69) is 54.3 Å². The highest BCUT2D eigenvalue weighted by atomic mass is 32.2. The number of rotatable bonds is 5. The van der Waals surface area contributed by atoms with E-state index >= 15 is 0 Å². The summed E-state index contributed by atoms with van der Waals surface area (Å²) in [7, 11) is 0. The fraction of sp³-hybridized carbons (Fsp3) is 0.333. The van der Waals surface area contributed by atoms with Gasteiger partial charge in [-0.3, -0.25) is 0 Å². The van der Waals surface area contributed by atoms with E-state index in [4.69, 9.17) is 5.73 Å². The van der Waals surface area contributed by atoms with E-state index in [1.54, 1.807) is 11.8 Å². The van der Waals surface area contributed by atoms with Gasteiger partial charge in [0.05, 0.1) is 0 Å². The molecule has 5 heteroatoms. The predicted octanol–water partition coefficient (Wildman–Crippen LogP) is 3.65. The zero-order chi connectivity index (χ0) is 14.5. The molecular weight excluding hydrogens is 268 g/mol. The van der Waals surface area contributed by atoms with Gasteiger partial charge < -0.3 is 11.1 Å². The van der Waals surface area contributed by atoms with Crippen molar-refractivity contribution in [3.05, 3.63) is 35.4 Å². The Morgan fingerprint density at radius 2 is 2.00 bits per heavy atom. The van der Waals surface area contributed by atoms with Crippen LogP contribution in [0.25, 0.3) is 0 Å². The summed E-state index contributed by atoms with van der Waals surface area (Å²) in [5.41, 5.74) is 8.28. The first-order valence-electron chi connectivity index (χ1n) is 6.72. The third-order valence-electron chi connectivity index (χ3n) is 2.82. The Hall–Kier alpha value is -1.75. The van der Waals surface area contributed by atoms with Crippen LogP contribution in [0.4, 0.5) is 11.8 Å². The zero-order valence-electron chi connectivity index (χ0n) is 12.1. The number of nitrogens with one attached hydrogen (secondary N) is 1. The molecule has 1 aromatic heterocycles. The topological polar surface area (TPSA) is 63.8 Å². The molecule has 0 bridgehead atoms. The van der Waals surface area contributed by atoms with Crippen LogP contribution in [0.15, 0.2) is 34.2 Å². The highest BCUT2D eigenvalue weighted by molar-refractivity contribution is 7.99. The summed E-state index contributed by atoms with van der Waals surface area (Å²) in [4.78, 5) is 9.67. The first kappa shape index (κ1) is 14.7. The first-order valence-corrected chi connectivity index (χ1v) is 7.53. The van der Waals surface area contributed by atoms with Gasteiger partial charge in [-0.1, -0.05) is 36.4 Å². The molecule has 0 fully saturated rings. The van der Waals surface area contributed by atoms with Crippen molar-refractivity contribution in [2.45, 2.75) is 37.1 Å². The molecule has 0 atom stereocenters. The highest BCUT2D eigenvalue weighted by Gasteiger charge is 2.06. The van der Waals surface area contributed by atoms with Crippen molar-refractivity contribution in [3.8, 4) is 0 Å². The fourth-order valence-electron chi connectivity index (χ4n) is 1.87. The Kier molecular flexibility index (Phi) is 4.84. The van der Waals surface area contributed by atoms with Crippen molar-refractivity contribution < 1.29 is 0 Å². The van der Waals surface area contributed by atoms with Crippen LogP contribution in [0.2, 0.25) is 0 Å². The Balaban J connectivity index is 2.21. The molecule has 2 rings (SSSR count). The van der Waals surface area contributed by atoms with Gasteiger partial charge >= 0.3 is 0 Å². The summed E-state index contributed by atoms with van der Waals surface area (Å²) in [6.45, 7) is 7.19. The Morgan fingerprint density at radius 3 is 2.70 bits per heavy atom. The third-order valence-corrected chi connectivity index (χ3v) is 3.92. The standard InChI is InChI=1S/C15H20N4S/c1-4-7-17-13-9-14(19-15(16)18-13)20-12-6-5-10(2)8-11(12)3/h5-6,8-9H,4,7H2,1-3H3,(H3,16,17,18,19). The molecular formula is C15H20N4S. The van der Waals surface area contributed by atoms with Crippen LogP contribution in [0.3, 0.4) is 0 Å². The summed E-state index contributed by atoms with van der Waals surface area (Å²) in [6.07, 6.45) is 1.05. The lowest BCUT2D eigenvalue weighted by molar-refractivity contribution is 0.957. The molecule has 0 saturated heterocycles. The minimum Gasteiger partial charge on any atom is -0.370 e. The number of anilines is 2. The monoisotopic (exact) mass is 288 g/mol. The van der Waals surface area contributed by atoms with E-state index in [-0.39, 0.29) is 0 Å². The van der Waals surface area contributed by atoms with Gasteiger partial charge in [0.25, 0.3) is 0 Å². The number of hydrogen-bond donors (Lipinski definition) is 2. The van der Waals surface area contributed by atoms with Crippen molar-refractivity contribution in [2.75, 3.05) is 17.6 Å². The molecule has 0 aliphatic carbocycles. The van der Waals surface area contributed by atoms with Crippen molar-refractivity contribution in [1.82, 2.24) is 9.97 Å². The van der Waals surface area contributed by atoms with E-state index in [1.165, 1.54) is 16.0 Å². The van der Waals surface area contributed by atoms with Gasteiger partial charge in [-0.25, -0.2) is 4.98 Å². The van der Waals surface area contributed by atoms with Crippen LogP contribution in [-0.4, -0.2) is 16.5 Å². The fourth-order valence-corrected chi connectivity index (χ4v) is 2.76. The molecule has 0 aliphatic heterocycles. The Labute approximate surface area is 124 Å². The number of nitrogens with two attached hydrogens (primary N) is 1. The number of benzene rings is 1. The number of hydrogen-bond acceptors (Lipinski definition) is 5. The second-order valence-corrected chi connectivity index (χ2v) is 5.81. The van der Waals surface area contributed by atoms with Crippen molar-refractivity contribution in [3.63, 3.8) is 0 Å². The molecule has 20 heavy (non-hydrogen) atoms. The molecule has 3 N–H and O–H groups in total. The van der Waals surface area contributed by atoms with Gasteiger partial charge in [-0.15, -0.1) is 0 Å². The van der Waals surface area contributed by atoms with Gasteiger partial charge in [0, 0.05) is 17.5 Å². The SMILES string of the molecule is CCCNc1cc(Sc2ccc(C)cc2C)nc(N)n1. The van der Waals surface area contributed by atoms with E-state index in [1.807, 2.05) is 6.07 Å². The summed E-state index contributed by atoms with van der Waals surface area (Å²) in [5, 5.41) is 4.10. The van der Waals surface area contributed by atoms with E-state index in [9.17, 15) is 0 Å². The maximum atomic E-state index is 5.77. The largest absolute Gasteiger partial charge is 0.370 e. The second-order valence-electron chi connectivity index (χ2n) is 4.75. The predicted molar refractivity (Wildman–Crippen MR) is 85.3 cm³/mol. The summed E-state index contributed by atoms with van der Waals surface area (Å²) >= 11 is 1.61. The normalized spacial score (nSPS) is 10.6. The van der Waals surface area contributed by atoms with E-state index in [0.717, 1.165) is 23.8 Å². The molecule has 1 aromatic carbocycles. The molecule has 1 heterocycles. The average molecular weight is 288 g/mol. The lowest BCUT2D eigenvalue weighted by Crippen LogP contribution is -2.05. The summed E-state index contributed by atoms with van der Waals surface area (Å²) in [5.74, 6) is 1.09. The quantitative estimate of drug-likeness (QED) is 0.822.